The van der Waals surface area contributed by atoms with Crippen LogP contribution in [0.4, 0.5) is 0 Å². The Kier molecular flexibility index (Phi) is 5.69. The third-order valence-electron chi connectivity index (χ3n) is 5.79. The van der Waals surface area contributed by atoms with E-state index in [0.29, 0.717) is 24.6 Å². The largest absolute Gasteiger partial charge is 0.412 e. The molecular formula is C20H26N4O4S. The van der Waals surface area contributed by atoms with E-state index in [1.54, 1.807) is 28.6 Å². The normalized spacial score (nSPS) is 19.5. The van der Waals surface area contributed by atoms with Crippen LogP contribution in [0.3, 0.4) is 0 Å². The van der Waals surface area contributed by atoms with Crippen molar-refractivity contribution in [3.8, 4) is 11.5 Å². The Morgan fingerprint density at radius 2 is 1.72 bits per heavy atom. The van der Waals surface area contributed by atoms with Crippen LogP contribution in [0, 0.1) is 5.92 Å². The molecule has 1 saturated heterocycles. The minimum absolute atomic E-state index is 0.0777. The van der Waals surface area contributed by atoms with Gasteiger partial charge in [-0.2, -0.15) is 4.31 Å². The zero-order valence-electron chi connectivity index (χ0n) is 16.5. The fourth-order valence-corrected chi connectivity index (χ4v) is 5.36. The van der Waals surface area contributed by atoms with Crippen molar-refractivity contribution in [1.29, 1.82) is 0 Å². The van der Waals surface area contributed by atoms with Crippen molar-refractivity contribution in [2.75, 3.05) is 13.1 Å². The monoisotopic (exact) mass is 418 g/mol. The highest BCUT2D eigenvalue weighted by Crippen LogP contribution is 2.26. The molecule has 0 bridgehead atoms. The van der Waals surface area contributed by atoms with E-state index in [1.165, 1.54) is 0 Å². The van der Waals surface area contributed by atoms with E-state index in [2.05, 4.69) is 22.4 Å². The predicted molar refractivity (Wildman–Crippen MR) is 107 cm³/mol. The van der Waals surface area contributed by atoms with Gasteiger partial charge in [0.15, 0.2) is 0 Å². The number of nitrogens with zero attached hydrogens (tertiary/aromatic N) is 3. The zero-order valence-corrected chi connectivity index (χ0v) is 17.3. The van der Waals surface area contributed by atoms with Gasteiger partial charge in [0.25, 0.3) is 0 Å². The number of nitrogens with one attached hydrogen (secondary N) is 1. The van der Waals surface area contributed by atoms with Crippen molar-refractivity contribution in [2.24, 2.45) is 5.92 Å². The highest BCUT2D eigenvalue weighted by atomic mass is 32.2. The van der Waals surface area contributed by atoms with Crippen molar-refractivity contribution in [3.05, 3.63) is 30.2 Å². The summed E-state index contributed by atoms with van der Waals surface area (Å²) in [7, 11) is -3.50. The first-order valence-corrected chi connectivity index (χ1v) is 11.6. The lowest BCUT2D eigenvalue weighted by atomic mass is 10.0. The Morgan fingerprint density at radius 1 is 1.07 bits per heavy atom. The molecule has 2 aliphatic rings. The number of rotatable bonds is 5. The molecule has 8 nitrogen and oxygen atoms in total. The lowest BCUT2D eigenvalue weighted by Crippen LogP contribution is -2.37. The minimum Gasteiger partial charge on any atom is -0.412 e. The van der Waals surface area contributed by atoms with Gasteiger partial charge in [0.1, 0.15) is 0 Å². The number of benzene rings is 1. The highest BCUT2D eigenvalue weighted by molar-refractivity contribution is 7.89. The number of aromatic nitrogens is 2. The standard InChI is InChI=1S/C20H26N4O4S/c1-14-10-12-24(13-11-14)29(26,27)17-8-6-15(7-9-17)19-22-23-20(28-19)18(25)21-16-4-2-3-5-16/h6-9,14,16H,2-5,10-13H2,1H3,(H,21,25). The van der Waals surface area contributed by atoms with E-state index in [9.17, 15) is 13.2 Å². The Hall–Kier alpha value is -2.26. The Morgan fingerprint density at radius 3 is 2.38 bits per heavy atom. The molecule has 156 valence electrons. The number of hydrogen-bond acceptors (Lipinski definition) is 6. The average molecular weight is 419 g/mol. The molecular weight excluding hydrogens is 392 g/mol. The summed E-state index contributed by atoms with van der Waals surface area (Å²) < 4.78 is 32.7. The first-order chi connectivity index (χ1) is 13.9. The molecule has 1 aromatic heterocycles. The maximum absolute atomic E-state index is 12.8. The number of sulfonamides is 1. The van der Waals surface area contributed by atoms with Gasteiger partial charge in [-0.25, -0.2) is 8.42 Å². The lowest BCUT2D eigenvalue weighted by molar-refractivity contribution is 0.0903. The summed E-state index contributed by atoms with van der Waals surface area (Å²) in [5, 5.41) is 10.7. The maximum Gasteiger partial charge on any atom is 0.309 e. The molecule has 1 N–H and O–H groups in total. The molecule has 0 atom stereocenters. The van der Waals surface area contributed by atoms with Gasteiger partial charge in [-0.15, -0.1) is 10.2 Å². The number of amides is 1. The predicted octanol–water partition coefficient (Wildman–Crippen LogP) is 2.83. The summed E-state index contributed by atoms with van der Waals surface area (Å²) in [5.74, 6) is 0.305. The second kappa shape index (κ2) is 8.23. The molecule has 0 unspecified atom stereocenters. The van der Waals surface area contributed by atoms with Crippen LogP contribution in [0.2, 0.25) is 0 Å². The van der Waals surface area contributed by atoms with Crippen molar-refractivity contribution < 1.29 is 17.6 Å². The van der Waals surface area contributed by atoms with Crippen LogP contribution in [0.25, 0.3) is 11.5 Å². The van der Waals surface area contributed by atoms with Crippen molar-refractivity contribution >= 4 is 15.9 Å². The van der Waals surface area contributed by atoms with Crippen LogP contribution in [0.15, 0.2) is 33.6 Å². The second-order valence-electron chi connectivity index (χ2n) is 7.98. The first-order valence-electron chi connectivity index (χ1n) is 10.2. The van der Waals surface area contributed by atoms with Crippen LogP contribution >= 0.6 is 0 Å². The molecule has 2 fully saturated rings. The number of piperidine rings is 1. The third kappa shape index (κ3) is 4.35. The maximum atomic E-state index is 12.8. The van der Waals surface area contributed by atoms with E-state index >= 15 is 0 Å². The van der Waals surface area contributed by atoms with Crippen LogP contribution < -0.4 is 5.32 Å². The summed E-state index contributed by atoms with van der Waals surface area (Å²) in [6.45, 7) is 3.24. The Balaban J connectivity index is 1.45. The number of carbonyl (C=O) groups excluding carboxylic acids is 1. The van der Waals surface area contributed by atoms with E-state index in [-0.39, 0.29) is 28.6 Å². The fourth-order valence-electron chi connectivity index (χ4n) is 3.89. The second-order valence-corrected chi connectivity index (χ2v) is 9.92. The molecule has 0 spiro atoms. The number of hydrogen-bond donors (Lipinski definition) is 1. The molecule has 1 aromatic carbocycles. The SMILES string of the molecule is CC1CCN(S(=O)(=O)c2ccc(-c3nnc(C(=O)NC4CCCC4)o3)cc2)CC1. The van der Waals surface area contributed by atoms with Crippen LogP contribution in [-0.2, 0) is 10.0 Å². The van der Waals surface area contributed by atoms with Gasteiger partial charge >= 0.3 is 11.8 Å². The van der Waals surface area contributed by atoms with Gasteiger partial charge in [0.05, 0.1) is 4.90 Å². The van der Waals surface area contributed by atoms with Crippen molar-refractivity contribution in [2.45, 2.75) is 56.4 Å². The third-order valence-corrected chi connectivity index (χ3v) is 7.70. The van der Waals surface area contributed by atoms with Gasteiger partial charge in [0.2, 0.25) is 15.9 Å². The van der Waals surface area contributed by atoms with E-state index in [1.807, 2.05) is 0 Å². The lowest BCUT2D eigenvalue weighted by Gasteiger charge is -2.29. The summed E-state index contributed by atoms with van der Waals surface area (Å²) >= 11 is 0. The highest BCUT2D eigenvalue weighted by Gasteiger charge is 2.28. The zero-order chi connectivity index (χ0) is 20.4. The summed E-state index contributed by atoms with van der Waals surface area (Å²) in [6, 6.07) is 6.52. The Labute approximate surface area is 170 Å². The van der Waals surface area contributed by atoms with E-state index < -0.39 is 10.0 Å². The van der Waals surface area contributed by atoms with Crippen molar-refractivity contribution in [3.63, 3.8) is 0 Å². The molecule has 2 heterocycles. The summed E-state index contributed by atoms with van der Waals surface area (Å²) in [5.41, 5.74) is 0.573. The summed E-state index contributed by atoms with van der Waals surface area (Å²) in [6.07, 6.45) is 5.94. The Bertz CT molecular complexity index is 957. The number of carbonyl (C=O) groups is 1. The molecule has 0 radical (unpaired) electrons. The molecule has 2 aromatic rings. The summed E-state index contributed by atoms with van der Waals surface area (Å²) in [4.78, 5) is 12.5. The quantitative estimate of drug-likeness (QED) is 0.800. The first kappa shape index (κ1) is 20.0. The van der Waals surface area contributed by atoms with Crippen LogP contribution in [-0.4, -0.2) is 48.0 Å². The molecule has 1 amide bonds. The van der Waals surface area contributed by atoms with Gasteiger partial charge in [-0.05, 0) is 55.9 Å². The van der Waals surface area contributed by atoms with Crippen molar-refractivity contribution in [1.82, 2.24) is 19.8 Å². The molecule has 1 aliphatic heterocycles. The smallest absolute Gasteiger partial charge is 0.309 e. The van der Waals surface area contributed by atoms with Gasteiger partial charge < -0.3 is 9.73 Å². The molecule has 4 rings (SSSR count). The van der Waals surface area contributed by atoms with Crippen LogP contribution in [0.5, 0.6) is 0 Å². The molecule has 1 saturated carbocycles. The van der Waals surface area contributed by atoms with Gasteiger partial charge in [-0.3, -0.25) is 4.79 Å². The van der Waals surface area contributed by atoms with E-state index in [0.717, 1.165) is 38.5 Å². The fraction of sp³-hybridized carbons (Fsp3) is 0.550. The van der Waals surface area contributed by atoms with E-state index in [4.69, 9.17) is 4.42 Å². The van der Waals surface area contributed by atoms with Crippen LogP contribution in [0.1, 0.15) is 56.1 Å². The average Bonchev–Trinajstić information content (AvgIpc) is 3.40. The molecule has 29 heavy (non-hydrogen) atoms. The molecule has 1 aliphatic carbocycles. The van der Waals surface area contributed by atoms with Gasteiger partial charge in [-0.1, -0.05) is 19.8 Å². The minimum atomic E-state index is -3.50. The topological polar surface area (TPSA) is 105 Å². The molecule has 9 heteroatoms. The van der Waals surface area contributed by atoms with Gasteiger partial charge in [0, 0.05) is 24.7 Å².